The summed E-state index contributed by atoms with van der Waals surface area (Å²) in [5.41, 5.74) is 4.33. The van der Waals surface area contributed by atoms with Gasteiger partial charge in [-0.15, -0.1) is 5.10 Å². The van der Waals surface area contributed by atoms with E-state index in [2.05, 4.69) is 36.7 Å². The maximum Gasteiger partial charge on any atom is 0.161 e. The number of rotatable bonds is 6. The Morgan fingerprint density at radius 3 is 2.38 bits per heavy atom. The van der Waals surface area contributed by atoms with Gasteiger partial charge in [0.15, 0.2) is 5.82 Å². The van der Waals surface area contributed by atoms with Crippen LogP contribution >= 0.6 is 11.6 Å². The van der Waals surface area contributed by atoms with Gasteiger partial charge in [-0.2, -0.15) is 5.10 Å². The Hall–Kier alpha value is -1.74. The standard InChI is InChI=1S/C20H24ClN3/c1-5-6-13(2)17-18(16-9-10-16)23-24-19(22-17)20(11-12-20)14(3)7-8-15(4)21/h5-8,16H,1,9-12H2,2-4H3/b13-6+,14-7+,15-8+. The molecule has 4 heteroatoms. The molecule has 2 aliphatic rings. The number of allylic oxidation sites excluding steroid dienone is 7. The Bertz CT molecular complexity index is 746. The van der Waals surface area contributed by atoms with Crippen LogP contribution in [0.5, 0.6) is 0 Å². The molecule has 0 spiro atoms. The van der Waals surface area contributed by atoms with Crippen LogP contribution in [0, 0.1) is 0 Å². The number of aromatic nitrogens is 3. The highest BCUT2D eigenvalue weighted by Crippen LogP contribution is 2.53. The third-order valence-corrected chi connectivity index (χ3v) is 5.04. The highest BCUT2D eigenvalue weighted by Gasteiger charge is 2.49. The summed E-state index contributed by atoms with van der Waals surface area (Å²) in [6.07, 6.45) is 12.3. The van der Waals surface area contributed by atoms with Gasteiger partial charge < -0.3 is 0 Å². The highest BCUT2D eigenvalue weighted by molar-refractivity contribution is 6.29. The monoisotopic (exact) mass is 341 g/mol. The van der Waals surface area contributed by atoms with Crippen LogP contribution in [-0.2, 0) is 5.41 Å². The van der Waals surface area contributed by atoms with E-state index in [1.807, 2.05) is 19.1 Å². The molecule has 1 aromatic heterocycles. The third kappa shape index (κ3) is 3.36. The SMILES string of the molecule is C=C/C=C(\C)c1nc(C2(/C(C)=C/C=C(\C)Cl)CC2)nnc1C1CC1. The number of hydrogen-bond donors (Lipinski definition) is 0. The molecular weight excluding hydrogens is 318 g/mol. The summed E-state index contributed by atoms with van der Waals surface area (Å²) in [6, 6.07) is 0. The van der Waals surface area contributed by atoms with E-state index >= 15 is 0 Å². The Morgan fingerprint density at radius 2 is 1.83 bits per heavy atom. The van der Waals surface area contributed by atoms with E-state index in [9.17, 15) is 0 Å². The molecule has 2 aliphatic carbocycles. The van der Waals surface area contributed by atoms with E-state index < -0.39 is 0 Å². The first kappa shape index (κ1) is 17.1. The predicted octanol–water partition coefficient (Wildman–Crippen LogP) is 5.46. The molecule has 0 N–H and O–H groups in total. The molecule has 0 aliphatic heterocycles. The van der Waals surface area contributed by atoms with Crippen LogP contribution < -0.4 is 0 Å². The van der Waals surface area contributed by atoms with Crippen LogP contribution in [0.2, 0.25) is 0 Å². The van der Waals surface area contributed by atoms with Crippen molar-refractivity contribution in [1.82, 2.24) is 15.2 Å². The van der Waals surface area contributed by atoms with Gasteiger partial charge >= 0.3 is 0 Å². The highest BCUT2D eigenvalue weighted by atomic mass is 35.5. The first-order chi connectivity index (χ1) is 11.5. The minimum absolute atomic E-state index is 0.0683. The lowest BCUT2D eigenvalue weighted by molar-refractivity contribution is 0.685. The van der Waals surface area contributed by atoms with Gasteiger partial charge in [0, 0.05) is 11.0 Å². The van der Waals surface area contributed by atoms with Crippen molar-refractivity contribution in [2.45, 2.75) is 57.8 Å². The quantitative estimate of drug-likeness (QED) is 0.645. The van der Waals surface area contributed by atoms with Crippen LogP contribution in [0.3, 0.4) is 0 Å². The van der Waals surface area contributed by atoms with Crippen LogP contribution in [0.15, 0.2) is 41.5 Å². The Balaban J connectivity index is 2.01. The van der Waals surface area contributed by atoms with Crippen LogP contribution in [0.25, 0.3) is 5.57 Å². The first-order valence-corrected chi connectivity index (χ1v) is 8.91. The topological polar surface area (TPSA) is 38.7 Å². The molecule has 3 rings (SSSR count). The molecule has 126 valence electrons. The second kappa shape index (κ2) is 6.64. The molecule has 0 bridgehead atoms. The van der Waals surface area contributed by atoms with E-state index in [0.29, 0.717) is 5.92 Å². The molecule has 0 atom stereocenters. The van der Waals surface area contributed by atoms with Gasteiger partial charge in [-0.25, -0.2) is 4.98 Å². The molecule has 2 saturated carbocycles. The van der Waals surface area contributed by atoms with Gasteiger partial charge in [-0.05, 0) is 58.1 Å². The molecule has 24 heavy (non-hydrogen) atoms. The van der Waals surface area contributed by atoms with Crippen molar-refractivity contribution in [2.24, 2.45) is 0 Å². The molecule has 1 heterocycles. The van der Waals surface area contributed by atoms with Crippen LogP contribution in [0.1, 0.15) is 69.6 Å². The second-order valence-corrected chi connectivity index (χ2v) is 7.51. The molecule has 0 radical (unpaired) electrons. The van der Waals surface area contributed by atoms with Crippen molar-refractivity contribution in [2.75, 3.05) is 0 Å². The van der Waals surface area contributed by atoms with E-state index in [4.69, 9.17) is 16.6 Å². The summed E-state index contributed by atoms with van der Waals surface area (Å²) in [5.74, 6) is 1.36. The van der Waals surface area contributed by atoms with Gasteiger partial charge in [-0.1, -0.05) is 42.0 Å². The van der Waals surface area contributed by atoms with Gasteiger partial charge in [-0.3, -0.25) is 0 Å². The maximum atomic E-state index is 5.96. The lowest BCUT2D eigenvalue weighted by Gasteiger charge is -2.16. The maximum absolute atomic E-state index is 5.96. The largest absolute Gasteiger partial charge is 0.228 e. The zero-order chi connectivity index (χ0) is 17.3. The van der Waals surface area contributed by atoms with Crippen molar-refractivity contribution in [3.63, 3.8) is 0 Å². The van der Waals surface area contributed by atoms with Crippen LogP contribution in [0.4, 0.5) is 0 Å². The van der Waals surface area contributed by atoms with Crippen molar-refractivity contribution >= 4 is 17.2 Å². The van der Waals surface area contributed by atoms with Crippen LogP contribution in [-0.4, -0.2) is 15.2 Å². The molecule has 0 amide bonds. The lowest BCUT2D eigenvalue weighted by Crippen LogP contribution is -2.17. The summed E-state index contributed by atoms with van der Waals surface area (Å²) in [7, 11) is 0. The van der Waals surface area contributed by atoms with Crippen molar-refractivity contribution in [3.05, 3.63) is 58.7 Å². The van der Waals surface area contributed by atoms with Gasteiger partial charge in [0.1, 0.15) is 0 Å². The fraction of sp³-hybridized carbons (Fsp3) is 0.450. The zero-order valence-corrected chi connectivity index (χ0v) is 15.4. The van der Waals surface area contributed by atoms with Crippen molar-refractivity contribution < 1.29 is 0 Å². The smallest absolute Gasteiger partial charge is 0.161 e. The van der Waals surface area contributed by atoms with E-state index in [1.165, 1.54) is 18.4 Å². The van der Waals surface area contributed by atoms with Crippen molar-refractivity contribution in [1.29, 1.82) is 0 Å². The predicted molar refractivity (Wildman–Crippen MR) is 99.9 cm³/mol. The molecule has 3 nitrogen and oxygen atoms in total. The average molecular weight is 342 g/mol. The van der Waals surface area contributed by atoms with Crippen molar-refractivity contribution in [3.8, 4) is 0 Å². The first-order valence-electron chi connectivity index (χ1n) is 8.54. The van der Waals surface area contributed by atoms with Gasteiger partial charge in [0.25, 0.3) is 0 Å². The second-order valence-electron chi connectivity index (χ2n) is 6.91. The van der Waals surface area contributed by atoms with Gasteiger partial charge in [0.2, 0.25) is 0 Å². The summed E-state index contributed by atoms with van der Waals surface area (Å²) in [5, 5.41) is 9.86. The number of hydrogen-bond acceptors (Lipinski definition) is 3. The van der Waals surface area contributed by atoms with E-state index in [0.717, 1.165) is 40.7 Å². The van der Waals surface area contributed by atoms with Gasteiger partial charge in [0.05, 0.1) is 16.8 Å². The molecule has 0 unspecified atom stereocenters. The summed E-state index contributed by atoms with van der Waals surface area (Å²) in [4.78, 5) is 4.95. The Kier molecular flexibility index (Phi) is 4.73. The molecule has 0 saturated heterocycles. The molecule has 2 fully saturated rings. The fourth-order valence-corrected chi connectivity index (χ4v) is 3.10. The Labute approximate surface area is 149 Å². The minimum Gasteiger partial charge on any atom is -0.228 e. The summed E-state index contributed by atoms with van der Waals surface area (Å²) >= 11 is 5.96. The normalized spacial score (nSPS) is 20.9. The van der Waals surface area contributed by atoms with E-state index in [1.54, 1.807) is 6.08 Å². The molecular formula is C20H24ClN3. The summed E-state index contributed by atoms with van der Waals surface area (Å²) < 4.78 is 0. The fourth-order valence-electron chi connectivity index (χ4n) is 3.03. The molecule has 0 aromatic carbocycles. The average Bonchev–Trinajstić information content (AvgIpc) is 3.45. The minimum atomic E-state index is -0.0683. The zero-order valence-electron chi connectivity index (χ0n) is 14.6. The lowest BCUT2D eigenvalue weighted by atomic mass is 9.95. The number of nitrogens with zero attached hydrogens (tertiary/aromatic N) is 3. The molecule has 1 aromatic rings. The van der Waals surface area contributed by atoms with E-state index in [-0.39, 0.29) is 5.41 Å². The Morgan fingerprint density at radius 1 is 1.12 bits per heavy atom. The number of halogens is 1. The summed E-state index contributed by atoms with van der Waals surface area (Å²) in [6.45, 7) is 9.89. The third-order valence-electron chi connectivity index (χ3n) is 4.91.